The summed E-state index contributed by atoms with van der Waals surface area (Å²) in [6.45, 7) is 4.59. The van der Waals surface area contributed by atoms with Gasteiger partial charge in [0.25, 0.3) is 0 Å². The molecule has 1 saturated carbocycles. The van der Waals surface area contributed by atoms with Gasteiger partial charge in [0.1, 0.15) is 0 Å². The number of aromatic nitrogens is 1. The van der Waals surface area contributed by atoms with Crippen molar-refractivity contribution >= 4 is 5.91 Å². The molecule has 1 amide bonds. The molecule has 1 fully saturated rings. The van der Waals surface area contributed by atoms with E-state index in [1.54, 1.807) is 0 Å². The minimum absolute atomic E-state index is 0.0844. The molecule has 1 aliphatic rings. The first kappa shape index (κ1) is 12.2. The Kier molecular flexibility index (Phi) is 3.52. The maximum absolute atomic E-state index is 12.2. The van der Waals surface area contributed by atoms with Gasteiger partial charge in [-0.05, 0) is 51.3 Å². The highest BCUT2D eigenvalue weighted by atomic mass is 16.2. The lowest BCUT2D eigenvalue weighted by Gasteiger charge is -2.19. The molecular weight excluding hydrogens is 214 g/mol. The number of aryl methyl sites for hydroxylation is 2. The van der Waals surface area contributed by atoms with Gasteiger partial charge in [-0.3, -0.25) is 14.9 Å². The van der Waals surface area contributed by atoms with Crippen molar-refractivity contribution in [2.45, 2.75) is 33.1 Å². The SMILES string of the molecule is Cc1ccc(C)n1NC(=O)C1CCCC1CN. The van der Waals surface area contributed by atoms with Gasteiger partial charge in [-0.1, -0.05) is 6.42 Å². The summed E-state index contributed by atoms with van der Waals surface area (Å²) < 4.78 is 1.86. The number of nitrogens with one attached hydrogen (secondary N) is 1. The topological polar surface area (TPSA) is 60.0 Å². The number of amides is 1. The van der Waals surface area contributed by atoms with Crippen molar-refractivity contribution in [3.05, 3.63) is 23.5 Å². The standard InChI is InChI=1S/C13H21N3O/c1-9-6-7-10(2)16(9)15-13(17)12-5-3-4-11(12)8-14/h6-7,11-12H,3-5,8,14H2,1-2H3,(H,15,17). The third-order valence-electron chi connectivity index (χ3n) is 3.79. The lowest BCUT2D eigenvalue weighted by atomic mass is 9.96. The molecule has 1 aromatic rings. The zero-order valence-electron chi connectivity index (χ0n) is 10.6. The molecule has 0 radical (unpaired) electrons. The van der Waals surface area contributed by atoms with Crippen LogP contribution in [0.1, 0.15) is 30.7 Å². The van der Waals surface area contributed by atoms with Crippen LogP contribution in [0.5, 0.6) is 0 Å². The van der Waals surface area contributed by atoms with E-state index in [1.165, 1.54) is 0 Å². The normalized spacial score (nSPS) is 23.9. The summed E-state index contributed by atoms with van der Waals surface area (Å²) in [7, 11) is 0. The molecule has 2 unspecified atom stereocenters. The highest BCUT2D eigenvalue weighted by molar-refractivity contribution is 5.86. The number of nitrogens with zero attached hydrogens (tertiary/aromatic N) is 1. The number of hydrogen-bond donors (Lipinski definition) is 2. The van der Waals surface area contributed by atoms with Crippen LogP contribution in [0.15, 0.2) is 12.1 Å². The molecule has 4 heteroatoms. The fourth-order valence-electron chi connectivity index (χ4n) is 2.70. The van der Waals surface area contributed by atoms with Gasteiger partial charge < -0.3 is 5.73 Å². The van der Waals surface area contributed by atoms with E-state index in [9.17, 15) is 4.79 Å². The van der Waals surface area contributed by atoms with Crippen LogP contribution in [0, 0.1) is 25.7 Å². The summed E-state index contributed by atoms with van der Waals surface area (Å²) in [4.78, 5) is 12.2. The average Bonchev–Trinajstić information content (AvgIpc) is 2.90. The summed E-state index contributed by atoms with van der Waals surface area (Å²) in [5.74, 6) is 0.549. The lowest BCUT2D eigenvalue weighted by molar-refractivity contribution is -0.121. The Bertz CT molecular complexity index is 391. The van der Waals surface area contributed by atoms with Crippen molar-refractivity contribution in [3.8, 4) is 0 Å². The molecule has 1 aromatic heterocycles. The Hall–Kier alpha value is -1.29. The van der Waals surface area contributed by atoms with Crippen LogP contribution >= 0.6 is 0 Å². The molecule has 1 aliphatic carbocycles. The molecule has 4 nitrogen and oxygen atoms in total. The predicted octanol–water partition coefficient (Wildman–Crippen LogP) is 1.55. The summed E-state index contributed by atoms with van der Waals surface area (Å²) in [5.41, 5.74) is 10.8. The van der Waals surface area contributed by atoms with E-state index < -0.39 is 0 Å². The third-order valence-corrected chi connectivity index (χ3v) is 3.79. The number of carbonyl (C=O) groups excluding carboxylic acids is 1. The molecule has 1 heterocycles. The van der Waals surface area contributed by atoms with Gasteiger partial charge in [0.05, 0.1) is 0 Å². The van der Waals surface area contributed by atoms with Crippen LogP contribution in [0.2, 0.25) is 0 Å². The Labute approximate surface area is 102 Å². The fourth-order valence-corrected chi connectivity index (χ4v) is 2.70. The molecule has 0 aromatic carbocycles. The second-order valence-electron chi connectivity index (χ2n) is 4.96. The quantitative estimate of drug-likeness (QED) is 0.835. The first-order chi connectivity index (χ1) is 8.13. The van der Waals surface area contributed by atoms with Gasteiger partial charge in [-0.25, -0.2) is 0 Å². The van der Waals surface area contributed by atoms with Crippen LogP contribution in [0.25, 0.3) is 0 Å². The Morgan fingerprint density at radius 2 is 2.06 bits per heavy atom. The second-order valence-corrected chi connectivity index (χ2v) is 4.96. The maximum atomic E-state index is 12.2. The molecule has 0 spiro atoms. The summed E-state index contributed by atoms with van der Waals surface area (Å²) >= 11 is 0. The van der Waals surface area contributed by atoms with Gasteiger partial charge >= 0.3 is 0 Å². The van der Waals surface area contributed by atoms with Crippen molar-refractivity contribution in [3.63, 3.8) is 0 Å². The van der Waals surface area contributed by atoms with Crippen LogP contribution in [0.4, 0.5) is 0 Å². The number of rotatable bonds is 3. The first-order valence-corrected chi connectivity index (χ1v) is 6.29. The molecule has 0 aliphatic heterocycles. The summed E-state index contributed by atoms with van der Waals surface area (Å²) in [5, 5.41) is 0. The maximum Gasteiger partial charge on any atom is 0.242 e. The van der Waals surface area contributed by atoms with Crippen molar-refractivity contribution in [2.75, 3.05) is 12.0 Å². The number of nitrogens with two attached hydrogens (primary N) is 1. The van der Waals surface area contributed by atoms with E-state index in [-0.39, 0.29) is 11.8 Å². The van der Waals surface area contributed by atoms with E-state index >= 15 is 0 Å². The third kappa shape index (κ3) is 2.36. The molecule has 2 rings (SSSR count). The van der Waals surface area contributed by atoms with Crippen molar-refractivity contribution < 1.29 is 4.79 Å². The minimum Gasteiger partial charge on any atom is -0.330 e. The lowest BCUT2D eigenvalue weighted by Crippen LogP contribution is -2.34. The Balaban J connectivity index is 2.07. The second kappa shape index (κ2) is 4.92. The van der Waals surface area contributed by atoms with Gasteiger partial charge in [-0.15, -0.1) is 0 Å². The first-order valence-electron chi connectivity index (χ1n) is 6.29. The number of carbonyl (C=O) groups is 1. The highest BCUT2D eigenvalue weighted by Crippen LogP contribution is 2.31. The monoisotopic (exact) mass is 235 g/mol. The van der Waals surface area contributed by atoms with Crippen LogP contribution < -0.4 is 11.2 Å². The highest BCUT2D eigenvalue weighted by Gasteiger charge is 2.32. The van der Waals surface area contributed by atoms with E-state index in [0.717, 1.165) is 30.7 Å². The van der Waals surface area contributed by atoms with Crippen LogP contribution in [0.3, 0.4) is 0 Å². The molecular formula is C13H21N3O. The van der Waals surface area contributed by atoms with E-state index in [2.05, 4.69) is 5.43 Å². The van der Waals surface area contributed by atoms with Crippen molar-refractivity contribution in [1.29, 1.82) is 0 Å². The summed E-state index contributed by atoms with van der Waals surface area (Å²) in [6, 6.07) is 4.01. The average molecular weight is 235 g/mol. The van der Waals surface area contributed by atoms with Crippen LogP contribution in [-0.2, 0) is 4.79 Å². The smallest absolute Gasteiger partial charge is 0.242 e. The van der Waals surface area contributed by atoms with Crippen molar-refractivity contribution in [1.82, 2.24) is 4.68 Å². The van der Waals surface area contributed by atoms with Gasteiger partial charge in [0.2, 0.25) is 5.91 Å². The minimum atomic E-state index is 0.0844. The summed E-state index contributed by atoms with van der Waals surface area (Å²) in [6.07, 6.45) is 3.16. The van der Waals surface area contributed by atoms with Gasteiger partial charge in [-0.2, -0.15) is 0 Å². The molecule has 2 atom stereocenters. The predicted molar refractivity (Wildman–Crippen MR) is 68.2 cm³/mol. The largest absolute Gasteiger partial charge is 0.330 e. The van der Waals surface area contributed by atoms with E-state index in [0.29, 0.717) is 12.5 Å². The molecule has 94 valence electrons. The zero-order valence-corrected chi connectivity index (χ0v) is 10.6. The number of hydrogen-bond acceptors (Lipinski definition) is 2. The molecule has 3 N–H and O–H groups in total. The fraction of sp³-hybridized carbons (Fsp3) is 0.615. The molecule has 0 saturated heterocycles. The van der Waals surface area contributed by atoms with E-state index in [1.807, 2.05) is 30.7 Å². The molecule has 0 bridgehead atoms. The van der Waals surface area contributed by atoms with Crippen LogP contribution in [-0.4, -0.2) is 17.1 Å². The zero-order chi connectivity index (χ0) is 12.4. The Morgan fingerprint density at radius 1 is 1.41 bits per heavy atom. The van der Waals surface area contributed by atoms with Gasteiger partial charge in [0.15, 0.2) is 0 Å². The molecule has 17 heavy (non-hydrogen) atoms. The van der Waals surface area contributed by atoms with Gasteiger partial charge in [0, 0.05) is 17.3 Å². The Morgan fingerprint density at radius 3 is 2.65 bits per heavy atom. The van der Waals surface area contributed by atoms with E-state index in [4.69, 9.17) is 5.73 Å². The van der Waals surface area contributed by atoms with Crippen molar-refractivity contribution in [2.24, 2.45) is 17.6 Å².